The fourth-order valence-electron chi connectivity index (χ4n) is 1.35. The normalized spacial score (nSPS) is 12.5. The van der Waals surface area contributed by atoms with Crippen LogP contribution in [0.2, 0.25) is 0 Å². The van der Waals surface area contributed by atoms with Gasteiger partial charge in [-0.25, -0.2) is 0 Å². The van der Waals surface area contributed by atoms with Crippen molar-refractivity contribution in [3.63, 3.8) is 0 Å². The van der Waals surface area contributed by atoms with Gasteiger partial charge in [-0.1, -0.05) is 26.0 Å². The smallest absolute Gasteiger partial charge is 0.221 e. The summed E-state index contributed by atoms with van der Waals surface area (Å²) in [5.74, 6) is 0.293. The fourth-order valence-corrected chi connectivity index (χ4v) is 1.35. The Balaban J connectivity index is 2.61. The van der Waals surface area contributed by atoms with Crippen molar-refractivity contribution >= 4 is 11.6 Å². The molecule has 88 valence electrons. The van der Waals surface area contributed by atoms with E-state index in [0.29, 0.717) is 18.4 Å². The minimum Gasteiger partial charge on any atom is -0.382 e. The van der Waals surface area contributed by atoms with E-state index in [0.717, 1.165) is 11.3 Å². The average molecular weight is 220 g/mol. The molecule has 0 spiro atoms. The van der Waals surface area contributed by atoms with E-state index >= 15 is 0 Å². The summed E-state index contributed by atoms with van der Waals surface area (Å²) in [4.78, 5) is 10.7. The number of carbonyl (C=O) groups is 1. The molecule has 16 heavy (non-hydrogen) atoms. The molecular weight excluding hydrogens is 200 g/mol. The summed E-state index contributed by atoms with van der Waals surface area (Å²) in [6.45, 7) is 6.51. The minimum absolute atomic E-state index is 0.295. The summed E-state index contributed by atoms with van der Waals surface area (Å²) in [6, 6.07) is 8.26. The summed E-state index contributed by atoms with van der Waals surface area (Å²) in [6.07, 6.45) is 0.306. The third-order valence-electron chi connectivity index (χ3n) is 2.73. The lowest BCUT2D eigenvalue weighted by Gasteiger charge is -2.18. The molecule has 0 saturated heterocycles. The second-order valence-corrected chi connectivity index (χ2v) is 4.52. The number of nitrogens with one attached hydrogen (secondary N) is 1. The van der Waals surface area contributed by atoms with Gasteiger partial charge in [-0.2, -0.15) is 0 Å². The van der Waals surface area contributed by atoms with Crippen LogP contribution < -0.4 is 11.1 Å². The molecular formula is C13H20N2O. The third kappa shape index (κ3) is 3.93. The van der Waals surface area contributed by atoms with Crippen LogP contribution in [0.1, 0.15) is 26.3 Å². The van der Waals surface area contributed by atoms with Gasteiger partial charge in [0, 0.05) is 11.7 Å². The van der Waals surface area contributed by atoms with Gasteiger partial charge in [-0.05, 0) is 30.5 Å². The third-order valence-corrected chi connectivity index (χ3v) is 2.73. The van der Waals surface area contributed by atoms with E-state index in [2.05, 4.69) is 26.1 Å². The molecule has 0 aromatic heterocycles. The van der Waals surface area contributed by atoms with Gasteiger partial charge >= 0.3 is 0 Å². The largest absolute Gasteiger partial charge is 0.382 e. The molecule has 0 heterocycles. The van der Waals surface area contributed by atoms with Gasteiger partial charge < -0.3 is 11.1 Å². The van der Waals surface area contributed by atoms with Crippen molar-refractivity contribution < 1.29 is 4.79 Å². The second-order valence-electron chi connectivity index (χ2n) is 4.52. The molecule has 3 nitrogen and oxygen atoms in total. The number of amides is 1. The Bertz CT molecular complexity index is 343. The zero-order valence-corrected chi connectivity index (χ0v) is 10.2. The van der Waals surface area contributed by atoms with Crippen LogP contribution in [0.15, 0.2) is 24.3 Å². The van der Waals surface area contributed by atoms with E-state index in [-0.39, 0.29) is 5.91 Å². The topological polar surface area (TPSA) is 55.1 Å². The zero-order valence-electron chi connectivity index (χ0n) is 10.2. The SMILES string of the molecule is CC(C)C(C)Nc1ccc(CC(N)=O)cc1. The molecule has 1 amide bonds. The number of hydrogen-bond acceptors (Lipinski definition) is 2. The summed E-state index contributed by atoms with van der Waals surface area (Å²) in [7, 11) is 0. The number of benzene rings is 1. The van der Waals surface area contributed by atoms with E-state index in [1.54, 1.807) is 0 Å². The van der Waals surface area contributed by atoms with Gasteiger partial charge in [0.05, 0.1) is 6.42 Å². The van der Waals surface area contributed by atoms with Crippen LogP contribution in [0.25, 0.3) is 0 Å². The quantitative estimate of drug-likeness (QED) is 0.799. The highest BCUT2D eigenvalue weighted by atomic mass is 16.1. The number of nitrogens with two attached hydrogens (primary N) is 1. The van der Waals surface area contributed by atoms with Crippen LogP contribution in [0, 0.1) is 5.92 Å². The first-order valence-electron chi connectivity index (χ1n) is 5.63. The summed E-state index contributed by atoms with van der Waals surface area (Å²) < 4.78 is 0. The maximum Gasteiger partial charge on any atom is 0.221 e. The van der Waals surface area contributed by atoms with Crippen molar-refractivity contribution in [1.29, 1.82) is 0 Å². The molecule has 1 aromatic carbocycles. The molecule has 0 radical (unpaired) electrons. The average Bonchev–Trinajstić information content (AvgIpc) is 2.20. The van der Waals surface area contributed by atoms with Crippen LogP contribution >= 0.6 is 0 Å². The Kier molecular flexibility index (Phi) is 4.35. The standard InChI is InChI=1S/C13H20N2O/c1-9(2)10(3)15-12-6-4-11(5-7-12)8-13(14)16/h4-7,9-10,15H,8H2,1-3H3,(H2,14,16). The Morgan fingerprint density at radius 1 is 1.25 bits per heavy atom. The Labute approximate surface area is 97.0 Å². The molecule has 1 rings (SSSR count). The number of carbonyl (C=O) groups excluding carboxylic acids is 1. The summed E-state index contributed by atoms with van der Waals surface area (Å²) >= 11 is 0. The second kappa shape index (κ2) is 5.54. The van der Waals surface area contributed by atoms with Gasteiger partial charge in [0.2, 0.25) is 5.91 Å². The van der Waals surface area contributed by atoms with Crippen molar-refractivity contribution in [2.45, 2.75) is 33.2 Å². The molecule has 0 fully saturated rings. The van der Waals surface area contributed by atoms with Gasteiger partial charge in [0.15, 0.2) is 0 Å². The lowest BCUT2D eigenvalue weighted by Crippen LogP contribution is -2.21. The molecule has 0 aliphatic carbocycles. The van der Waals surface area contributed by atoms with Crippen molar-refractivity contribution in [1.82, 2.24) is 0 Å². The minimum atomic E-state index is -0.295. The molecule has 0 saturated carbocycles. The van der Waals surface area contributed by atoms with Crippen LogP contribution in [0.5, 0.6) is 0 Å². The fraction of sp³-hybridized carbons (Fsp3) is 0.462. The highest BCUT2D eigenvalue weighted by Crippen LogP contribution is 2.13. The van der Waals surface area contributed by atoms with Crippen molar-refractivity contribution in [3.05, 3.63) is 29.8 Å². The van der Waals surface area contributed by atoms with Crippen LogP contribution in [0.3, 0.4) is 0 Å². The maximum absolute atomic E-state index is 10.7. The Morgan fingerprint density at radius 3 is 2.25 bits per heavy atom. The first kappa shape index (κ1) is 12.6. The number of rotatable bonds is 5. The monoisotopic (exact) mass is 220 g/mol. The molecule has 0 aliphatic rings. The zero-order chi connectivity index (χ0) is 12.1. The van der Waals surface area contributed by atoms with E-state index in [1.165, 1.54) is 0 Å². The predicted octanol–water partition coefficient (Wildman–Crippen LogP) is 2.17. The first-order chi connectivity index (χ1) is 7.49. The van der Waals surface area contributed by atoms with Gasteiger partial charge in [-0.15, -0.1) is 0 Å². The molecule has 1 atom stereocenters. The molecule has 3 N–H and O–H groups in total. The van der Waals surface area contributed by atoms with Crippen molar-refractivity contribution in [3.8, 4) is 0 Å². The van der Waals surface area contributed by atoms with Crippen LogP contribution in [-0.4, -0.2) is 11.9 Å². The summed E-state index contributed by atoms with van der Waals surface area (Å²) in [5.41, 5.74) is 7.16. The van der Waals surface area contributed by atoms with Gasteiger partial charge in [0.25, 0.3) is 0 Å². The lowest BCUT2D eigenvalue weighted by atomic mass is 10.1. The highest BCUT2D eigenvalue weighted by Gasteiger charge is 2.06. The molecule has 0 bridgehead atoms. The molecule has 1 unspecified atom stereocenters. The van der Waals surface area contributed by atoms with E-state index in [4.69, 9.17) is 5.73 Å². The van der Waals surface area contributed by atoms with Crippen LogP contribution in [0.4, 0.5) is 5.69 Å². The molecule has 1 aromatic rings. The number of primary amides is 1. The van der Waals surface area contributed by atoms with Gasteiger partial charge in [0.1, 0.15) is 0 Å². The first-order valence-corrected chi connectivity index (χ1v) is 5.63. The predicted molar refractivity (Wildman–Crippen MR) is 67.3 cm³/mol. The number of hydrogen-bond donors (Lipinski definition) is 2. The van der Waals surface area contributed by atoms with Crippen molar-refractivity contribution in [2.24, 2.45) is 11.7 Å². The van der Waals surface area contributed by atoms with Crippen LogP contribution in [-0.2, 0) is 11.2 Å². The lowest BCUT2D eigenvalue weighted by molar-refractivity contribution is -0.117. The molecule has 0 aliphatic heterocycles. The number of anilines is 1. The molecule has 3 heteroatoms. The van der Waals surface area contributed by atoms with Crippen molar-refractivity contribution in [2.75, 3.05) is 5.32 Å². The maximum atomic E-state index is 10.7. The van der Waals surface area contributed by atoms with Gasteiger partial charge in [-0.3, -0.25) is 4.79 Å². The van der Waals surface area contributed by atoms with E-state index in [1.807, 2.05) is 24.3 Å². The van der Waals surface area contributed by atoms with E-state index < -0.39 is 0 Å². The van der Waals surface area contributed by atoms with E-state index in [9.17, 15) is 4.79 Å². The summed E-state index contributed by atoms with van der Waals surface area (Å²) in [5, 5.41) is 3.41. The Hall–Kier alpha value is -1.51. The highest BCUT2D eigenvalue weighted by molar-refractivity contribution is 5.76. The Morgan fingerprint density at radius 2 is 1.81 bits per heavy atom.